The van der Waals surface area contributed by atoms with Crippen molar-refractivity contribution in [3.8, 4) is 0 Å². The van der Waals surface area contributed by atoms with Crippen molar-refractivity contribution in [2.24, 2.45) is 0 Å². The molecule has 0 radical (unpaired) electrons. The van der Waals surface area contributed by atoms with Crippen molar-refractivity contribution >= 4 is 10.0 Å². The summed E-state index contributed by atoms with van der Waals surface area (Å²) in [5.74, 6) is -2.28. The summed E-state index contributed by atoms with van der Waals surface area (Å²) in [4.78, 5) is -0.979. The maximum absolute atomic E-state index is 13.5. The molecule has 0 unspecified atom stereocenters. The van der Waals surface area contributed by atoms with Crippen LogP contribution in [0.4, 0.5) is 8.78 Å². The Kier molecular flexibility index (Phi) is 4.78. The van der Waals surface area contributed by atoms with Crippen LogP contribution >= 0.6 is 0 Å². The second kappa shape index (κ2) is 5.73. The molecular formula is C11H15F2NO3S. The first-order chi connectivity index (χ1) is 8.32. The fraction of sp³-hybridized carbons (Fsp3) is 0.455. The first-order valence-corrected chi connectivity index (χ1v) is 6.83. The Bertz CT molecular complexity index is 497. The molecule has 0 fully saturated rings. The molecule has 4 nitrogen and oxygen atoms in total. The number of aliphatic hydroxyl groups is 1. The van der Waals surface area contributed by atoms with E-state index in [4.69, 9.17) is 5.11 Å². The standard InChI is InChI=1S/C11H15F2NO3S/c1-8(2)14(6-7-15)18(16,17)11-9(12)4-3-5-10(11)13/h3-5,8,15H,6-7H2,1-2H3. The van der Waals surface area contributed by atoms with Crippen molar-refractivity contribution in [3.05, 3.63) is 29.8 Å². The number of benzene rings is 1. The van der Waals surface area contributed by atoms with Gasteiger partial charge in [0.25, 0.3) is 0 Å². The fourth-order valence-corrected chi connectivity index (χ4v) is 3.34. The molecule has 1 aromatic rings. The minimum Gasteiger partial charge on any atom is -0.395 e. The average molecular weight is 279 g/mol. The highest BCUT2D eigenvalue weighted by Gasteiger charge is 2.31. The van der Waals surface area contributed by atoms with E-state index in [2.05, 4.69) is 0 Å². The molecule has 0 saturated heterocycles. The lowest BCUT2D eigenvalue weighted by Crippen LogP contribution is -2.39. The van der Waals surface area contributed by atoms with Crippen molar-refractivity contribution in [1.82, 2.24) is 4.31 Å². The van der Waals surface area contributed by atoms with Crippen LogP contribution < -0.4 is 0 Å². The molecule has 0 spiro atoms. The van der Waals surface area contributed by atoms with Gasteiger partial charge in [0.15, 0.2) is 4.90 Å². The molecule has 0 heterocycles. The summed E-state index contributed by atoms with van der Waals surface area (Å²) in [6.45, 7) is 2.49. The van der Waals surface area contributed by atoms with Crippen LogP contribution in [0.25, 0.3) is 0 Å². The average Bonchev–Trinajstić information content (AvgIpc) is 2.24. The second-order valence-corrected chi connectivity index (χ2v) is 5.81. The number of sulfonamides is 1. The van der Waals surface area contributed by atoms with Crippen LogP contribution in [0.15, 0.2) is 23.1 Å². The molecule has 0 aliphatic heterocycles. The number of aliphatic hydroxyl groups excluding tert-OH is 1. The number of hydrogen-bond acceptors (Lipinski definition) is 3. The zero-order valence-corrected chi connectivity index (χ0v) is 10.9. The Morgan fingerprint density at radius 2 is 1.78 bits per heavy atom. The highest BCUT2D eigenvalue weighted by atomic mass is 32.2. The Labute approximate surface area is 105 Å². The van der Waals surface area contributed by atoms with E-state index < -0.39 is 39.2 Å². The summed E-state index contributed by atoms with van der Waals surface area (Å²) in [5.41, 5.74) is 0. The van der Waals surface area contributed by atoms with Gasteiger partial charge in [0.1, 0.15) is 11.6 Å². The van der Waals surface area contributed by atoms with E-state index in [9.17, 15) is 17.2 Å². The van der Waals surface area contributed by atoms with Crippen LogP contribution in [-0.4, -0.2) is 37.0 Å². The van der Waals surface area contributed by atoms with Crippen LogP contribution in [0, 0.1) is 11.6 Å². The van der Waals surface area contributed by atoms with E-state index in [1.807, 2.05) is 0 Å². The summed E-state index contributed by atoms with van der Waals surface area (Å²) >= 11 is 0. The molecule has 18 heavy (non-hydrogen) atoms. The molecule has 0 atom stereocenters. The van der Waals surface area contributed by atoms with Crippen LogP contribution in [-0.2, 0) is 10.0 Å². The van der Waals surface area contributed by atoms with E-state index in [0.717, 1.165) is 22.5 Å². The zero-order chi connectivity index (χ0) is 13.9. The number of rotatable bonds is 5. The molecule has 1 N–H and O–H groups in total. The molecular weight excluding hydrogens is 264 g/mol. The first-order valence-electron chi connectivity index (χ1n) is 5.39. The molecule has 7 heteroatoms. The SMILES string of the molecule is CC(C)N(CCO)S(=O)(=O)c1c(F)cccc1F. The molecule has 0 bridgehead atoms. The summed E-state index contributed by atoms with van der Waals surface area (Å²) in [6, 6.07) is 2.34. The molecule has 1 rings (SSSR count). The molecule has 0 saturated carbocycles. The second-order valence-electron chi connectivity index (χ2n) is 3.98. The van der Waals surface area contributed by atoms with Crippen molar-refractivity contribution in [2.75, 3.05) is 13.2 Å². The minimum absolute atomic E-state index is 0.215. The van der Waals surface area contributed by atoms with Crippen LogP contribution in [0.3, 0.4) is 0 Å². The van der Waals surface area contributed by atoms with Crippen molar-refractivity contribution < 1.29 is 22.3 Å². The van der Waals surface area contributed by atoms with E-state index >= 15 is 0 Å². The topological polar surface area (TPSA) is 57.6 Å². The highest BCUT2D eigenvalue weighted by molar-refractivity contribution is 7.89. The molecule has 102 valence electrons. The quantitative estimate of drug-likeness (QED) is 0.885. The van der Waals surface area contributed by atoms with E-state index in [1.165, 1.54) is 0 Å². The van der Waals surface area contributed by atoms with E-state index in [-0.39, 0.29) is 6.54 Å². The van der Waals surface area contributed by atoms with E-state index in [0.29, 0.717) is 0 Å². The Balaban J connectivity index is 3.36. The normalized spacial score (nSPS) is 12.4. The van der Waals surface area contributed by atoms with Crippen LogP contribution in [0.2, 0.25) is 0 Å². The van der Waals surface area contributed by atoms with Gasteiger partial charge in [-0.1, -0.05) is 6.07 Å². The van der Waals surface area contributed by atoms with Gasteiger partial charge in [-0.25, -0.2) is 17.2 Å². The maximum Gasteiger partial charge on any atom is 0.249 e. The van der Waals surface area contributed by atoms with Gasteiger partial charge in [-0.05, 0) is 26.0 Å². The number of hydrogen-bond donors (Lipinski definition) is 1. The molecule has 0 aliphatic rings. The zero-order valence-electron chi connectivity index (χ0n) is 10.1. The van der Waals surface area contributed by atoms with Gasteiger partial charge in [0.2, 0.25) is 10.0 Å². The lowest BCUT2D eigenvalue weighted by Gasteiger charge is -2.25. The van der Waals surface area contributed by atoms with Gasteiger partial charge < -0.3 is 5.11 Å². The largest absolute Gasteiger partial charge is 0.395 e. The highest BCUT2D eigenvalue weighted by Crippen LogP contribution is 2.23. The molecule has 0 aliphatic carbocycles. The Hall–Kier alpha value is -1.05. The van der Waals surface area contributed by atoms with Crippen molar-refractivity contribution in [1.29, 1.82) is 0 Å². The third-order valence-corrected chi connectivity index (χ3v) is 4.51. The van der Waals surface area contributed by atoms with Crippen LogP contribution in [0.1, 0.15) is 13.8 Å². The van der Waals surface area contributed by atoms with Gasteiger partial charge >= 0.3 is 0 Å². The van der Waals surface area contributed by atoms with Gasteiger partial charge in [-0.2, -0.15) is 4.31 Å². The van der Waals surface area contributed by atoms with E-state index in [1.54, 1.807) is 13.8 Å². The van der Waals surface area contributed by atoms with Gasteiger partial charge in [0, 0.05) is 12.6 Å². The van der Waals surface area contributed by atoms with Crippen LogP contribution in [0.5, 0.6) is 0 Å². The summed E-state index contributed by atoms with van der Waals surface area (Å²) in [5, 5.41) is 8.84. The summed E-state index contributed by atoms with van der Waals surface area (Å²) < 4.78 is 52.1. The predicted octanol–water partition coefficient (Wildman–Crippen LogP) is 1.36. The maximum atomic E-state index is 13.5. The third kappa shape index (κ3) is 2.85. The molecule has 0 aromatic heterocycles. The molecule has 1 aromatic carbocycles. The third-order valence-electron chi connectivity index (χ3n) is 2.38. The van der Waals surface area contributed by atoms with Gasteiger partial charge in [0.05, 0.1) is 6.61 Å². The smallest absolute Gasteiger partial charge is 0.249 e. The fourth-order valence-electron chi connectivity index (χ4n) is 1.60. The lowest BCUT2D eigenvalue weighted by molar-refractivity contribution is 0.235. The Morgan fingerprint density at radius 1 is 1.28 bits per heavy atom. The predicted molar refractivity (Wildman–Crippen MR) is 62.5 cm³/mol. The van der Waals surface area contributed by atoms with Gasteiger partial charge in [-0.15, -0.1) is 0 Å². The number of halogens is 2. The van der Waals surface area contributed by atoms with Gasteiger partial charge in [-0.3, -0.25) is 0 Å². The lowest BCUT2D eigenvalue weighted by atomic mass is 10.3. The summed E-state index contributed by atoms with van der Waals surface area (Å²) in [7, 11) is -4.30. The molecule has 0 amide bonds. The number of nitrogens with zero attached hydrogens (tertiary/aromatic N) is 1. The Morgan fingerprint density at radius 3 is 2.17 bits per heavy atom. The first kappa shape index (κ1) is 15.0. The monoisotopic (exact) mass is 279 g/mol. The minimum atomic E-state index is -4.30. The van der Waals surface area contributed by atoms with Crippen molar-refractivity contribution in [2.45, 2.75) is 24.8 Å². The summed E-state index contributed by atoms with van der Waals surface area (Å²) in [6.07, 6.45) is 0. The van der Waals surface area contributed by atoms with Crippen molar-refractivity contribution in [3.63, 3.8) is 0 Å².